The van der Waals surface area contributed by atoms with Crippen molar-refractivity contribution in [2.75, 3.05) is 14.1 Å². The van der Waals surface area contributed by atoms with Crippen LogP contribution in [0.2, 0.25) is 0 Å². The summed E-state index contributed by atoms with van der Waals surface area (Å²) in [6.45, 7) is 4.91. The van der Waals surface area contributed by atoms with Crippen LogP contribution < -0.4 is 5.32 Å². The lowest BCUT2D eigenvalue weighted by Gasteiger charge is -2.22. The van der Waals surface area contributed by atoms with Crippen LogP contribution in [0.1, 0.15) is 42.3 Å². The van der Waals surface area contributed by atoms with Crippen molar-refractivity contribution in [3.63, 3.8) is 0 Å². The third-order valence-corrected chi connectivity index (χ3v) is 3.86. The van der Waals surface area contributed by atoms with Gasteiger partial charge in [0.15, 0.2) is 11.7 Å². The van der Waals surface area contributed by atoms with Crippen LogP contribution in [0.15, 0.2) is 39.8 Å². The van der Waals surface area contributed by atoms with E-state index < -0.39 is 11.7 Å². The van der Waals surface area contributed by atoms with E-state index in [1.807, 2.05) is 31.9 Å². The second-order valence-electron chi connectivity index (χ2n) is 6.32. The normalized spacial score (nSPS) is 12.5. The minimum absolute atomic E-state index is 0.286. The first-order valence-corrected chi connectivity index (χ1v) is 8.24. The Morgan fingerprint density at radius 3 is 2.42 bits per heavy atom. The fourth-order valence-electron chi connectivity index (χ4n) is 2.38. The maximum Gasteiger partial charge on any atom is 0.416 e. The van der Waals surface area contributed by atoms with Crippen LogP contribution in [0.3, 0.4) is 0 Å². The second-order valence-corrected chi connectivity index (χ2v) is 6.32. The highest BCUT2D eigenvalue weighted by atomic mass is 19.4. The first-order valence-electron chi connectivity index (χ1n) is 8.24. The smallest absolute Gasteiger partial charge is 0.359 e. The summed E-state index contributed by atoms with van der Waals surface area (Å²) in [7, 11) is 3.46. The van der Waals surface area contributed by atoms with Crippen LogP contribution in [-0.4, -0.2) is 30.1 Å². The minimum atomic E-state index is -4.33. The van der Waals surface area contributed by atoms with Crippen LogP contribution in [0.25, 0.3) is 0 Å². The summed E-state index contributed by atoms with van der Waals surface area (Å²) in [5.41, 5.74) is 0.984. The van der Waals surface area contributed by atoms with Gasteiger partial charge in [0.1, 0.15) is 0 Å². The van der Waals surface area contributed by atoms with Gasteiger partial charge in [0, 0.05) is 26.7 Å². The number of nitrogens with one attached hydrogen (secondary N) is 1. The molecule has 142 valence electrons. The van der Waals surface area contributed by atoms with Gasteiger partial charge >= 0.3 is 6.18 Å². The number of rotatable bonds is 5. The van der Waals surface area contributed by atoms with Crippen molar-refractivity contribution in [3.8, 4) is 0 Å². The zero-order valence-electron chi connectivity index (χ0n) is 15.3. The molecular formula is C18H23F3N4O. The third-order valence-electron chi connectivity index (χ3n) is 3.86. The molecule has 0 radical (unpaired) electrons. The van der Waals surface area contributed by atoms with Gasteiger partial charge in [-0.05, 0) is 23.6 Å². The number of nitrogens with zero attached hydrogens (tertiary/aromatic N) is 3. The Labute approximate surface area is 150 Å². The van der Waals surface area contributed by atoms with Gasteiger partial charge in [0.25, 0.3) is 0 Å². The van der Waals surface area contributed by atoms with Crippen LogP contribution in [0.5, 0.6) is 0 Å². The lowest BCUT2D eigenvalue weighted by atomic mass is 10.1. The highest BCUT2D eigenvalue weighted by Crippen LogP contribution is 2.29. The number of aliphatic imine (C=N–C) groups is 1. The molecule has 1 N–H and O–H groups in total. The average molecular weight is 368 g/mol. The summed E-state index contributed by atoms with van der Waals surface area (Å²) in [5, 5.41) is 7.16. The summed E-state index contributed by atoms with van der Waals surface area (Å²) < 4.78 is 43.1. The van der Waals surface area contributed by atoms with E-state index in [2.05, 4.69) is 15.5 Å². The van der Waals surface area contributed by atoms with Gasteiger partial charge in [-0.1, -0.05) is 31.1 Å². The van der Waals surface area contributed by atoms with Crippen LogP contribution >= 0.6 is 0 Å². The molecular weight excluding hydrogens is 345 g/mol. The number of hydrogen-bond acceptors (Lipinski definition) is 3. The predicted molar refractivity (Wildman–Crippen MR) is 93.7 cm³/mol. The standard InChI is InChI=1S/C18H23F3N4O/c1-12(2)16-9-15(26-24-16)10-23-17(22-3)25(4)11-13-5-7-14(8-6-13)18(19,20)21/h5-9,12H,10-11H2,1-4H3,(H,22,23). The molecule has 0 atom stereocenters. The zero-order valence-corrected chi connectivity index (χ0v) is 15.3. The van der Waals surface area contributed by atoms with Crippen molar-refractivity contribution in [3.05, 3.63) is 52.9 Å². The van der Waals surface area contributed by atoms with Gasteiger partial charge in [-0.15, -0.1) is 0 Å². The molecule has 0 bridgehead atoms. The quantitative estimate of drug-likeness (QED) is 0.640. The highest BCUT2D eigenvalue weighted by molar-refractivity contribution is 5.79. The largest absolute Gasteiger partial charge is 0.416 e. The molecule has 0 fully saturated rings. The fraction of sp³-hybridized carbons (Fsp3) is 0.444. The van der Waals surface area contributed by atoms with E-state index in [0.717, 1.165) is 23.4 Å². The number of guanidine groups is 1. The molecule has 0 spiro atoms. The molecule has 8 heteroatoms. The Kier molecular flexibility index (Phi) is 6.28. The first kappa shape index (κ1) is 19.8. The number of halogens is 3. The maximum atomic E-state index is 12.6. The van der Waals surface area contributed by atoms with E-state index in [4.69, 9.17) is 4.52 Å². The molecule has 1 aromatic carbocycles. The molecule has 2 aromatic rings. The molecule has 1 aromatic heterocycles. The third kappa shape index (κ3) is 5.24. The van der Waals surface area contributed by atoms with E-state index in [9.17, 15) is 13.2 Å². The van der Waals surface area contributed by atoms with E-state index in [1.54, 1.807) is 7.05 Å². The lowest BCUT2D eigenvalue weighted by molar-refractivity contribution is -0.137. The maximum absolute atomic E-state index is 12.6. The summed E-state index contributed by atoms with van der Waals surface area (Å²) in [5.74, 6) is 1.58. The summed E-state index contributed by atoms with van der Waals surface area (Å²) in [6, 6.07) is 7.00. The number of alkyl halides is 3. The van der Waals surface area contributed by atoms with Crippen LogP contribution in [-0.2, 0) is 19.3 Å². The summed E-state index contributed by atoms with van der Waals surface area (Å²) in [4.78, 5) is 6.01. The average Bonchev–Trinajstić information content (AvgIpc) is 3.04. The Hall–Kier alpha value is -2.51. The van der Waals surface area contributed by atoms with Crippen molar-refractivity contribution >= 4 is 5.96 Å². The Morgan fingerprint density at radius 1 is 1.27 bits per heavy atom. The number of benzene rings is 1. The van der Waals surface area contributed by atoms with Crippen molar-refractivity contribution < 1.29 is 17.7 Å². The molecule has 5 nitrogen and oxygen atoms in total. The molecule has 0 amide bonds. The molecule has 0 aliphatic heterocycles. The molecule has 0 aliphatic carbocycles. The van der Waals surface area contributed by atoms with Crippen LogP contribution in [0, 0.1) is 0 Å². The molecule has 1 heterocycles. The van der Waals surface area contributed by atoms with Gasteiger partial charge in [0.05, 0.1) is 17.8 Å². The topological polar surface area (TPSA) is 53.7 Å². The molecule has 26 heavy (non-hydrogen) atoms. The lowest BCUT2D eigenvalue weighted by Crippen LogP contribution is -2.37. The van der Waals surface area contributed by atoms with Gasteiger partial charge in [-0.2, -0.15) is 13.2 Å². The van der Waals surface area contributed by atoms with E-state index in [-0.39, 0.29) is 5.92 Å². The van der Waals surface area contributed by atoms with Gasteiger partial charge < -0.3 is 14.7 Å². The van der Waals surface area contributed by atoms with Crippen molar-refractivity contribution in [2.24, 2.45) is 4.99 Å². The minimum Gasteiger partial charge on any atom is -0.359 e. The molecule has 0 unspecified atom stereocenters. The monoisotopic (exact) mass is 368 g/mol. The van der Waals surface area contributed by atoms with Crippen molar-refractivity contribution in [1.29, 1.82) is 0 Å². The highest BCUT2D eigenvalue weighted by Gasteiger charge is 2.29. The van der Waals surface area contributed by atoms with Crippen LogP contribution in [0.4, 0.5) is 13.2 Å². The first-order chi connectivity index (χ1) is 12.2. The summed E-state index contributed by atoms with van der Waals surface area (Å²) >= 11 is 0. The van der Waals surface area contributed by atoms with Crippen molar-refractivity contribution in [2.45, 2.75) is 39.0 Å². The van der Waals surface area contributed by atoms with E-state index in [1.165, 1.54) is 12.1 Å². The molecule has 2 rings (SSSR count). The fourth-order valence-corrected chi connectivity index (χ4v) is 2.38. The van der Waals surface area contributed by atoms with Gasteiger partial charge in [0.2, 0.25) is 0 Å². The molecule has 0 saturated heterocycles. The van der Waals surface area contributed by atoms with E-state index in [0.29, 0.717) is 24.8 Å². The Bertz CT molecular complexity index is 736. The molecule has 0 aliphatic rings. The zero-order chi connectivity index (χ0) is 19.3. The number of aromatic nitrogens is 1. The predicted octanol–water partition coefficient (Wildman–Crippen LogP) is 4.02. The van der Waals surface area contributed by atoms with Crippen molar-refractivity contribution in [1.82, 2.24) is 15.4 Å². The SMILES string of the molecule is CN=C(NCc1cc(C(C)C)no1)N(C)Cc1ccc(C(F)(F)F)cc1. The number of hydrogen-bond donors (Lipinski definition) is 1. The second kappa shape index (κ2) is 8.25. The van der Waals surface area contributed by atoms with Gasteiger partial charge in [-0.3, -0.25) is 4.99 Å². The molecule has 0 saturated carbocycles. The Morgan fingerprint density at radius 2 is 1.92 bits per heavy atom. The summed E-state index contributed by atoms with van der Waals surface area (Å²) in [6.07, 6.45) is -4.33. The van der Waals surface area contributed by atoms with E-state index >= 15 is 0 Å². The Balaban J connectivity index is 1.94. The van der Waals surface area contributed by atoms with Gasteiger partial charge in [-0.25, -0.2) is 0 Å².